The molecule has 0 spiro atoms. The molecule has 60 valence electrons. The third kappa shape index (κ3) is 4.13. The summed E-state index contributed by atoms with van der Waals surface area (Å²) in [4.78, 5) is 10.9. The molecule has 0 aromatic rings. The van der Waals surface area contributed by atoms with Crippen LogP contribution in [-0.4, -0.2) is 17.0 Å². The van der Waals surface area contributed by atoms with Crippen LogP contribution in [0, 0.1) is 0 Å². The van der Waals surface area contributed by atoms with E-state index in [0.29, 0.717) is 18.7 Å². The molecule has 0 aliphatic heterocycles. The van der Waals surface area contributed by atoms with E-state index >= 15 is 0 Å². The quantitative estimate of drug-likeness (QED) is 0.598. The van der Waals surface area contributed by atoms with Crippen LogP contribution in [0.1, 0.15) is 26.2 Å². The van der Waals surface area contributed by atoms with Crippen LogP contribution in [0.4, 0.5) is 0 Å². The highest BCUT2D eigenvalue weighted by molar-refractivity contribution is 6.31. The maximum absolute atomic E-state index is 10.9. The van der Waals surface area contributed by atoms with E-state index in [1.54, 1.807) is 0 Å². The lowest BCUT2D eigenvalue weighted by Gasteiger charge is -2.02. The van der Waals surface area contributed by atoms with Crippen LogP contribution < -0.4 is 0 Å². The summed E-state index contributed by atoms with van der Waals surface area (Å²) < 4.78 is 0. The Hall–Kier alpha value is 0.250. The molecular weight excluding hydrogens is 171 g/mol. The highest BCUT2D eigenvalue weighted by atomic mass is 35.5. The van der Waals surface area contributed by atoms with E-state index in [-0.39, 0.29) is 11.2 Å². The molecule has 3 heteroatoms. The second kappa shape index (κ2) is 5.99. The number of alkyl halides is 2. The molecular formula is C7H12Cl2O. The van der Waals surface area contributed by atoms with Crippen LogP contribution >= 0.6 is 23.2 Å². The molecule has 0 bridgehead atoms. The Morgan fingerprint density at radius 1 is 1.60 bits per heavy atom. The number of hydrogen-bond acceptors (Lipinski definition) is 1. The molecule has 0 radical (unpaired) electrons. The summed E-state index contributed by atoms with van der Waals surface area (Å²) in [6.07, 6.45) is 1.97. The van der Waals surface area contributed by atoms with Crippen molar-refractivity contribution in [3.8, 4) is 0 Å². The van der Waals surface area contributed by atoms with Crippen molar-refractivity contribution in [2.45, 2.75) is 31.6 Å². The summed E-state index contributed by atoms with van der Waals surface area (Å²) in [5, 5.41) is -0.303. The molecule has 0 saturated heterocycles. The molecule has 0 aliphatic rings. The van der Waals surface area contributed by atoms with Gasteiger partial charge in [-0.15, -0.1) is 23.2 Å². The van der Waals surface area contributed by atoms with E-state index in [1.807, 2.05) is 6.92 Å². The molecule has 0 amide bonds. The number of rotatable bonds is 5. The first-order valence-corrected chi connectivity index (χ1v) is 4.42. The lowest BCUT2D eigenvalue weighted by atomic mass is 10.1. The van der Waals surface area contributed by atoms with Gasteiger partial charge in [-0.25, -0.2) is 0 Å². The molecule has 0 N–H and O–H groups in total. The Bertz CT molecular complexity index is 104. The molecule has 0 rings (SSSR count). The molecule has 0 fully saturated rings. The topological polar surface area (TPSA) is 17.1 Å². The minimum absolute atomic E-state index is 0.116. The molecule has 0 heterocycles. The van der Waals surface area contributed by atoms with Crippen molar-refractivity contribution >= 4 is 29.0 Å². The van der Waals surface area contributed by atoms with E-state index in [0.717, 1.165) is 6.42 Å². The summed E-state index contributed by atoms with van der Waals surface area (Å²) in [7, 11) is 0. The van der Waals surface area contributed by atoms with Gasteiger partial charge in [-0.05, 0) is 12.8 Å². The largest absolute Gasteiger partial charge is 0.298 e. The fourth-order valence-corrected chi connectivity index (χ4v) is 0.868. The zero-order chi connectivity index (χ0) is 7.98. The van der Waals surface area contributed by atoms with Crippen LogP contribution in [0.5, 0.6) is 0 Å². The zero-order valence-electron chi connectivity index (χ0n) is 6.07. The van der Waals surface area contributed by atoms with Crippen molar-refractivity contribution in [3.05, 3.63) is 0 Å². The second-order valence-corrected chi connectivity index (χ2v) is 3.04. The molecule has 0 aromatic heterocycles. The highest BCUT2D eigenvalue weighted by Gasteiger charge is 2.10. The van der Waals surface area contributed by atoms with Gasteiger partial charge < -0.3 is 0 Å². The molecule has 1 nitrogen and oxygen atoms in total. The smallest absolute Gasteiger partial charge is 0.150 e. The second-order valence-electron chi connectivity index (χ2n) is 2.13. The normalized spacial score (nSPS) is 13.1. The van der Waals surface area contributed by atoms with E-state index in [1.165, 1.54) is 0 Å². The Labute approximate surface area is 71.7 Å². The Balaban J connectivity index is 3.42. The number of halogens is 2. The average Bonchev–Trinajstić information content (AvgIpc) is 1.98. The third-order valence-electron chi connectivity index (χ3n) is 1.26. The molecule has 1 unspecified atom stereocenters. The van der Waals surface area contributed by atoms with Gasteiger partial charge >= 0.3 is 0 Å². The van der Waals surface area contributed by atoms with Gasteiger partial charge in [-0.1, -0.05) is 6.92 Å². The summed E-state index contributed by atoms with van der Waals surface area (Å²) >= 11 is 11.1. The van der Waals surface area contributed by atoms with Crippen LogP contribution in [0.2, 0.25) is 0 Å². The number of ketones is 1. The van der Waals surface area contributed by atoms with E-state index in [9.17, 15) is 4.79 Å². The fourth-order valence-electron chi connectivity index (χ4n) is 0.625. The monoisotopic (exact) mass is 182 g/mol. The number of carbonyl (C=O) groups excluding carboxylic acids is 1. The Morgan fingerprint density at radius 2 is 2.20 bits per heavy atom. The molecule has 1 atom stereocenters. The van der Waals surface area contributed by atoms with Crippen molar-refractivity contribution < 1.29 is 4.79 Å². The Kier molecular flexibility index (Phi) is 6.14. The van der Waals surface area contributed by atoms with Gasteiger partial charge in [0.05, 0.1) is 5.38 Å². The van der Waals surface area contributed by atoms with E-state index in [2.05, 4.69) is 0 Å². The Morgan fingerprint density at radius 3 is 2.60 bits per heavy atom. The summed E-state index contributed by atoms with van der Waals surface area (Å²) in [6, 6.07) is 0. The van der Waals surface area contributed by atoms with Gasteiger partial charge in [0, 0.05) is 12.3 Å². The van der Waals surface area contributed by atoms with Gasteiger partial charge in [0.2, 0.25) is 0 Å². The van der Waals surface area contributed by atoms with Gasteiger partial charge in [-0.2, -0.15) is 0 Å². The molecule has 10 heavy (non-hydrogen) atoms. The average molecular weight is 183 g/mol. The van der Waals surface area contributed by atoms with Gasteiger partial charge in [0.1, 0.15) is 0 Å². The lowest BCUT2D eigenvalue weighted by Crippen LogP contribution is -2.12. The number of Topliss-reactive ketones (excluding diaryl/α,β-unsaturated/α-hetero) is 1. The minimum Gasteiger partial charge on any atom is -0.298 e. The summed E-state index contributed by atoms with van der Waals surface area (Å²) in [5.74, 6) is 0.656. The van der Waals surface area contributed by atoms with Crippen molar-refractivity contribution in [1.82, 2.24) is 0 Å². The van der Waals surface area contributed by atoms with Crippen molar-refractivity contribution in [2.75, 3.05) is 5.88 Å². The van der Waals surface area contributed by atoms with Crippen molar-refractivity contribution in [2.24, 2.45) is 0 Å². The van der Waals surface area contributed by atoms with Gasteiger partial charge in [0.25, 0.3) is 0 Å². The molecule has 0 aliphatic carbocycles. The van der Waals surface area contributed by atoms with E-state index in [4.69, 9.17) is 23.2 Å². The highest BCUT2D eigenvalue weighted by Crippen LogP contribution is 2.07. The van der Waals surface area contributed by atoms with Crippen LogP contribution in [0.25, 0.3) is 0 Å². The van der Waals surface area contributed by atoms with Crippen LogP contribution in [0.3, 0.4) is 0 Å². The van der Waals surface area contributed by atoms with Gasteiger partial charge in [0.15, 0.2) is 5.78 Å². The predicted octanol–water partition coefficient (Wildman–Crippen LogP) is 2.59. The third-order valence-corrected chi connectivity index (χ3v) is 2.08. The standard InChI is InChI=1S/C7H12Cl2O/c1-2-6(9)7(10)4-3-5-8/h6H,2-5H2,1H3. The molecule has 0 aromatic carbocycles. The summed E-state index contributed by atoms with van der Waals surface area (Å²) in [5.41, 5.74) is 0. The first-order valence-electron chi connectivity index (χ1n) is 3.45. The fraction of sp³-hybridized carbons (Fsp3) is 0.857. The maximum atomic E-state index is 10.9. The van der Waals surface area contributed by atoms with Crippen LogP contribution in [-0.2, 0) is 4.79 Å². The van der Waals surface area contributed by atoms with E-state index < -0.39 is 0 Å². The van der Waals surface area contributed by atoms with Crippen molar-refractivity contribution in [1.29, 1.82) is 0 Å². The zero-order valence-corrected chi connectivity index (χ0v) is 7.58. The first kappa shape index (κ1) is 10.2. The van der Waals surface area contributed by atoms with Gasteiger partial charge in [-0.3, -0.25) is 4.79 Å². The number of carbonyl (C=O) groups is 1. The minimum atomic E-state index is -0.303. The summed E-state index contributed by atoms with van der Waals surface area (Å²) in [6.45, 7) is 1.90. The first-order chi connectivity index (χ1) is 4.72. The number of hydrogen-bond donors (Lipinski definition) is 0. The SMILES string of the molecule is CCC(Cl)C(=O)CCCCl. The lowest BCUT2D eigenvalue weighted by molar-refractivity contribution is -0.118. The predicted molar refractivity (Wildman–Crippen MR) is 44.9 cm³/mol. The van der Waals surface area contributed by atoms with Crippen molar-refractivity contribution in [3.63, 3.8) is 0 Å². The van der Waals surface area contributed by atoms with Crippen LogP contribution in [0.15, 0.2) is 0 Å². The molecule has 0 saturated carbocycles. The maximum Gasteiger partial charge on any atom is 0.150 e.